The van der Waals surface area contributed by atoms with Crippen LogP contribution in [0.25, 0.3) is 10.8 Å². The fourth-order valence-electron chi connectivity index (χ4n) is 2.00. The van der Waals surface area contributed by atoms with Gasteiger partial charge in [-0.2, -0.15) is 0 Å². The largest absolute Gasteiger partial charge is 0.402 e. The molecule has 0 saturated heterocycles. The predicted molar refractivity (Wildman–Crippen MR) is 85.9 cm³/mol. The number of hydrogen-bond acceptors (Lipinski definition) is 8. The molecular formula is C14H11N5O4S. The molecule has 0 unspecified atom stereocenters. The Hall–Kier alpha value is -3.14. The minimum Gasteiger partial charge on any atom is -0.402 e. The van der Waals surface area contributed by atoms with Gasteiger partial charge < -0.3 is 4.42 Å². The lowest BCUT2D eigenvalue weighted by Gasteiger charge is -2.00. The van der Waals surface area contributed by atoms with E-state index in [4.69, 9.17) is 4.42 Å². The number of thiazole rings is 1. The first-order valence-corrected chi connectivity index (χ1v) is 7.59. The standard InChI is InChI=1S/C14H11N5O4S/c1-7-11(24-8(2)15-7)13-17-18-14(23-13)16-12(20)9-3-5-10(6-4-9)19(21)22/h3-6H,1-2H3,(H,16,18,20). The molecule has 0 aliphatic rings. The molecule has 1 amide bonds. The maximum atomic E-state index is 12.1. The van der Waals surface area contributed by atoms with Gasteiger partial charge in [0.15, 0.2) is 0 Å². The number of carbonyl (C=O) groups excluding carboxylic acids is 1. The number of rotatable bonds is 4. The summed E-state index contributed by atoms with van der Waals surface area (Å²) in [6, 6.07) is 5.14. The van der Waals surface area contributed by atoms with E-state index in [-0.39, 0.29) is 23.2 Å². The molecule has 122 valence electrons. The SMILES string of the molecule is Cc1nc(C)c(-c2nnc(NC(=O)c3ccc([N+](=O)[O-])cc3)o2)s1. The molecule has 2 heterocycles. The molecule has 1 N–H and O–H groups in total. The van der Waals surface area contributed by atoms with Gasteiger partial charge in [0, 0.05) is 17.7 Å². The molecule has 0 aliphatic heterocycles. The van der Waals surface area contributed by atoms with Crippen molar-refractivity contribution in [2.45, 2.75) is 13.8 Å². The van der Waals surface area contributed by atoms with Gasteiger partial charge in [-0.25, -0.2) is 4.98 Å². The van der Waals surface area contributed by atoms with Gasteiger partial charge in [-0.1, -0.05) is 5.10 Å². The Labute approximate surface area is 139 Å². The number of nitrogens with zero attached hydrogens (tertiary/aromatic N) is 4. The molecule has 0 saturated carbocycles. The van der Waals surface area contributed by atoms with Crippen LogP contribution in [0.15, 0.2) is 28.7 Å². The van der Waals surface area contributed by atoms with Crippen LogP contribution in [-0.4, -0.2) is 26.0 Å². The van der Waals surface area contributed by atoms with Gasteiger partial charge in [-0.15, -0.1) is 16.4 Å². The van der Waals surface area contributed by atoms with Crippen molar-refractivity contribution in [1.29, 1.82) is 0 Å². The highest BCUT2D eigenvalue weighted by molar-refractivity contribution is 7.15. The topological polar surface area (TPSA) is 124 Å². The summed E-state index contributed by atoms with van der Waals surface area (Å²) >= 11 is 1.42. The second-order valence-corrected chi connectivity index (χ2v) is 6.02. The highest BCUT2D eigenvalue weighted by Crippen LogP contribution is 2.29. The zero-order valence-electron chi connectivity index (χ0n) is 12.6. The highest BCUT2D eigenvalue weighted by Gasteiger charge is 2.17. The van der Waals surface area contributed by atoms with E-state index < -0.39 is 10.8 Å². The van der Waals surface area contributed by atoms with Crippen LogP contribution in [0.4, 0.5) is 11.7 Å². The molecule has 0 atom stereocenters. The Morgan fingerprint density at radius 2 is 1.96 bits per heavy atom. The maximum Gasteiger partial charge on any atom is 0.322 e. The van der Waals surface area contributed by atoms with E-state index in [0.29, 0.717) is 0 Å². The number of nitro benzene ring substituents is 1. The lowest BCUT2D eigenvalue weighted by Crippen LogP contribution is -2.12. The van der Waals surface area contributed by atoms with Crippen LogP contribution in [0.2, 0.25) is 0 Å². The summed E-state index contributed by atoms with van der Waals surface area (Å²) in [7, 11) is 0. The van der Waals surface area contributed by atoms with Gasteiger partial charge in [-0.05, 0) is 26.0 Å². The van der Waals surface area contributed by atoms with E-state index in [9.17, 15) is 14.9 Å². The van der Waals surface area contributed by atoms with Gasteiger partial charge in [0.2, 0.25) is 0 Å². The number of nitro groups is 1. The Kier molecular flexibility index (Phi) is 4.04. The summed E-state index contributed by atoms with van der Waals surface area (Å²) in [6.07, 6.45) is 0. The van der Waals surface area contributed by atoms with Crippen molar-refractivity contribution >= 4 is 28.9 Å². The Bertz CT molecular complexity index is 916. The number of benzene rings is 1. The van der Waals surface area contributed by atoms with E-state index in [1.807, 2.05) is 13.8 Å². The van der Waals surface area contributed by atoms with Crippen LogP contribution in [-0.2, 0) is 0 Å². The van der Waals surface area contributed by atoms with Crippen molar-refractivity contribution < 1.29 is 14.1 Å². The van der Waals surface area contributed by atoms with Crippen molar-refractivity contribution in [2.75, 3.05) is 5.32 Å². The van der Waals surface area contributed by atoms with Gasteiger partial charge in [-0.3, -0.25) is 20.2 Å². The molecule has 10 heteroatoms. The Morgan fingerprint density at radius 3 is 2.54 bits per heavy atom. The molecular weight excluding hydrogens is 334 g/mol. The number of anilines is 1. The van der Waals surface area contributed by atoms with Crippen molar-refractivity contribution in [1.82, 2.24) is 15.2 Å². The smallest absolute Gasteiger partial charge is 0.322 e. The predicted octanol–water partition coefficient (Wildman–Crippen LogP) is 2.97. The lowest BCUT2D eigenvalue weighted by molar-refractivity contribution is -0.384. The first-order valence-electron chi connectivity index (χ1n) is 6.78. The van der Waals surface area contributed by atoms with Crippen molar-refractivity contribution in [2.24, 2.45) is 0 Å². The number of amides is 1. The van der Waals surface area contributed by atoms with E-state index in [1.54, 1.807) is 0 Å². The second-order valence-electron chi connectivity index (χ2n) is 4.82. The minimum absolute atomic E-state index is 0.0567. The van der Waals surface area contributed by atoms with Gasteiger partial charge in [0.05, 0.1) is 15.6 Å². The Balaban J connectivity index is 1.75. The third kappa shape index (κ3) is 3.13. The number of non-ortho nitro benzene ring substituents is 1. The summed E-state index contributed by atoms with van der Waals surface area (Å²) in [4.78, 5) is 27.2. The number of nitrogens with one attached hydrogen (secondary N) is 1. The number of hydrogen-bond donors (Lipinski definition) is 1. The lowest BCUT2D eigenvalue weighted by atomic mass is 10.2. The molecule has 3 aromatic rings. The fraction of sp³-hybridized carbons (Fsp3) is 0.143. The summed E-state index contributed by atoms with van der Waals surface area (Å²) in [5.41, 5.74) is 0.919. The van der Waals surface area contributed by atoms with E-state index >= 15 is 0 Å². The zero-order valence-corrected chi connectivity index (χ0v) is 13.5. The Morgan fingerprint density at radius 1 is 1.25 bits per heavy atom. The number of aromatic nitrogens is 3. The average molecular weight is 345 g/mol. The molecule has 9 nitrogen and oxygen atoms in total. The maximum absolute atomic E-state index is 12.1. The zero-order chi connectivity index (χ0) is 17.3. The number of aryl methyl sites for hydroxylation is 2. The highest BCUT2D eigenvalue weighted by atomic mass is 32.1. The molecule has 3 rings (SSSR count). The van der Waals surface area contributed by atoms with Gasteiger partial charge in [0.25, 0.3) is 17.5 Å². The molecule has 1 aromatic carbocycles. The molecule has 0 aliphatic carbocycles. The van der Waals surface area contributed by atoms with Crippen LogP contribution in [0.3, 0.4) is 0 Å². The molecule has 24 heavy (non-hydrogen) atoms. The van der Waals surface area contributed by atoms with E-state index in [1.165, 1.54) is 35.6 Å². The first kappa shape index (κ1) is 15.7. The van der Waals surface area contributed by atoms with Gasteiger partial charge >= 0.3 is 6.01 Å². The van der Waals surface area contributed by atoms with Crippen molar-refractivity contribution in [3.63, 3.8) is 0 Å². The minimum atomic E-state index is -0.536. The normalized spacial score (nSPS) is 10.6. The third-order valence-corrected chi connectivity index (χ3v) is 4.14. The van der Waals surface area contributed by atoms with E-state index in [0.717, 1.165) is 15.6 Å². The van der Waals surface area contributed by atoms with Crippen LogP contribution in [0.5, 0.6) is 0 Å². The average Bonchev–Trinajstić information content (AvgIpc) is 3.13. The monoisotopic (exact) mass is 345 g/mol. The van der Waals surface area contributed by atoms with Crippen LogP contribution in [0, 0.1) is 24.0 Å². The molecule has 0 fully saturated rings. The quantitative estimate of drug-likeness (QED) is 0.569. The first-order chi connectivity index (χ1) is 11.4. The second kappa shape index (κ2) is 6.16. The fourth-order valence-corrected chi connectivity index (χ4v) is 2.84. The summed E-state index contributed by atoms with van der Waals surface area (Å²) in [5, 5.41) is 21.6. The van der Waals surface area contributed by atoms with Crippen LogP contribution < -0.4 is 5.32 Å². The van der Waals surface area contributed by atoms with Crippen LogP contribution >= 0.6 is 11.3 Å². The van der Waals surface area contributed by atoms with E-state index in [2.05, 4.69) is 20.5 Å². The van der Waals surface area contributed by atoms with Gasteiger partial charge in [0.1, 0.15) is 4.88 Å². The molecule has 0 radical (unpaired) electrons. The molecule has 0 bridgehead atoms. The summed E-state index contributed by atoms with van der Waals surface area (Å²) in [5.74, 6) is -0.227. The van der Waals surface area contributed by atoms with Crippen molar-refractivity contribution in [3.05, 3.63) is 50.6 Å². The molecule has 0 spiro atoms. The number of carbonyl (C=O) groups is 1. The molecule has 2 aromatic heterocycles. The third-order valence-electron chi connectivity index (χ3n) is 3.08. The van der Waals surface area contributed by atoms with Crippen LogP contribution in [0.1, 0.15) is 21.1 Å². The van der Waals surface area contributed by atoms with Crippen molar-refractivity contribution in [3.8, 4) is 10.8 Å². The summed E-state index contributed by atoms with van der Waals surface area (Å²) < 4.78 is 5.43. The summed E-state index contributed by atoms with van der Waals surface area (Å²) in [6.45, 7) is 3.70.